The number of rotatable bonds is 4. The fourth-order valence-corrected chi connectivity index (χ4v) is 3.96. The molecule has 0 aliphatic carbocycles. The molecule has 0 amide bonds. The Morgan fingerprint density at radius 2 is 1.88 bits per heavy atom. The van der Waals surface area contributed by atoms with E-state index in [0.717, 1.165) is 21.0 Å². The lowest BCUT2D eigenvalue weighted by Gasteiger charge is -2.12. The van der Waals surface area contributed by atoms with Gasteiger partial charge in [-0.05, 0) is 29.8 Å². The number of aromatic nitrogens is 1. The van der Waals surface area contributed by atoms with Gasteiger partial charge in [0.05, 0.1) is 10.6 Å². The molecule has 1 aliphatic rings. The minimum Gasteiger partial charge on any atom is -0.383 e. The molecule has 0 radical (unpaired) electrons. The molecule has 0 saturated heterocycles. The maximum absolute atomic E-state index is 14.1. The molecule has 0 saturated carbocycles. The summed E-state index contributed by atoms with van der Waals surface area (Å²) in [5, 5.41) is 18.9. The van der Waals surface area contributed by atoms with E-state index in [1.54, 1.807) is 36.8 Å². The van der Waals surface area contributed by atoms with Crippen LogP contribution in [-0.4, -0.2) is 22.0 Å². The molecule has 1 unspecified atom stereocenters. The van der Waals surface area contributed by atoms with E-state index in [2.05, 4.69) is 15.2 Å². The van der Waals surface area contributed by atoms with E-state index in [4.69, 9.17) is 0 Å². The summed E-state index contributed by atoms with van der Waals surface area (Å²) in [5.41, 5.74) is 2.68. The zero-order valence-electron chi connectivity index (χ0n) is 13.1. The van der Waals surface area contributed by atoms with Gasteiger partial charge in [-0.25, -0.2) is 4.39 Å². The molecule has 124 valence electrons. The van der Waals surface area contributed by atoms with Gasteiger partial charge < -0.3 is 5.11 Å². The molecule has 3 heterocycles. The molecule has 6 heteroatoms. The van der Waals surface area contributed by atoms with Crippen LogP contribution in [0.5, 0.6) is 0 Å². The Hall–Kier alpha value is -2.70. The fraction of sp³-hybridized carbons (Fsp3) is 0.105. The Kier molecular flexibility index (Phi) is 4.21. The molecule has 4 nitrogen and oxygen atoms in total. The van der Waals surface area contributed by atoms with Crippen molar-refractivity contribution in [1.29, 1.82) is 0 Å². The summed E-state index contributed by atoms with van der Waals surface area (Å²) in [7, 11) is 0. The summed E-state index contributed by atoms with van der Waals surface area (Å²) in [5.74, 6) is -0.428. The number of hydrogen-bond donors (Lipinski definition) is 1. The lowest BCUT2D eigenvalue weighted by molar-refractivity contribution is 0.215. The third kappa shape index (κ3) is 3.01. The van der Waals surface area contributed by atoms with Gasteiger partial charge in [0, 0.05) is 41.0 Å². The smallest absolute Gasteiger partial charge is 0.129 e. The van der Waals surface area contributed by atoms with Crippen molar-refractivity contribution in [3.63, 3.8) is 0 Å². The molecule has 1 atom stereocenters. The third-order valence-electron chi connectivity index (χ3n) is 4.03. The predicted octanol–water partition coefficient (Wildman–Crippen LogP) is 4.21. The number of pyridine rings is 1. The average Bonchev–Trinajstić information content (AvgIpc) is 3.32. The molecule has 1 aromatic carbocycles. The van der Waals surface area contributed by atoms with Crippen LogP contribution in [0.4, 0.5) is 4.39 Å². The number of hydrogen-bond acceptors (Lipinski definition) is 5. The lowest BCUT2D eigenvalue weighted by atomic mass is 9.99. The molecule has 4 rings (SSSR count). The number of aliphatic hydroxyl groups is 1. The van der Waals surface area contributed by atoms with Crippen molar-refractivity contribution in [2.24, 2.45) is 10.2 Å². The van der Waals surface area contributed by atoms with Crippen LogP contribution in [0.3, 0.4) is 0 Å². The van der Waals surface area contributed by atoms with Crippen LogP contribution in [0.2, 0.25) is 0 Å². The highest BCUT2D eigenvalue weighted by Gasteiger charge is 2.24. The average molecular weight is 351 g/mol. The first-order valence-electron chi connectivity index (χ1n) is 7.79. The van der Waals surface area contributed by atoms with Crippen molar-refractivity contribution in [3.05, 3.63) is 76.7 Å². The van der Waals surface area contributed by atoms with Gasteiger partial charge in [-0.3, -0.25) is 4.98 Å². The van der Waals surface area contributed by atoms with E-state index in [-0.39, 0.29) is 5.56 Å². The van der Waals surface area contributed by atoms with Crippen molar-refractivity contribution >= 4 is 23.3 Å². The highest BCUT2D eigenvalue weighted by Crippen LogP contribution is 2.38. The van der Waals surface area contributed by atoms with E-state index in [1.165, 1.54) is 17.4 Å². The van der Waals surface area contributed by atoms with E-state index in [9.17, 15) is 9.50 Å². The van der Waals surface area contributed by atoms with E-state index in [1.807, 2.05) is 18.2 Å². The SMILES string of the molecule is OC(c1ccccc1F)c1cc(-c2ccncc2)sc1C1=NN=CC1. The largest absolute Gasteiger partial charge is 0.383 e. The molecule has 25 heavy (non-hydrogen) atoms. The first-order valence-corrected chi connectivity index (χ1v) is 8.61. The number of aliphatic hydroxyl groups excluding tert-OH is 1. The summed E-state index contributed by atoms with van der Waals surface area (Å²) in [6.45, 7) is 0. The van der Waals surface area contributed by atoms with Crippen LogP contribution in [0.15, 0.2) is 65.1 Å². The van der Waals surface area contributed by atoms with Crippen LogP contribution in [0, 0.1) is 5.82 Å². The van der Waals surface area contributed by atoms with Gasteiger partial charge in [-0.2, -0.15) is 10.2 Å². The number of benzene rings is 1. The van der Waals surface area contributed by atoms with Crippen LogP contribution in [0.1, 0.15) is 28.5 Å². The van der Waals surface area contributed by atoms with Gasteiger partial charge in [0.25, 0.3) is 0 Å². The quantitative estimate of drug-likeness (QED) is 0.765. The van der Waals surface area contributed by atoms with Crippen LogP contribution < -0.4 is 0 Å². The second-order valence-electron chi connectivity index (χ2n) is 5.60. The summed E-state index contributed by atoms with van der Waals surface area (Å²) in [6.07, 6.45) is 4.70. The number of nitrogens with zero attached hydrogens (tertiary/aromatic N) is 3. The maximum atomic E-state index is 14.1. The van der Waals surface area contributed by atoms with Gasteiger partial charge in [-0.1, -0.05) is 18.2 Å². The van der Waals surface area contributed by atoms with E-state index < -0.39 is 11.9 Å². The van der Waals surface area contributed by atoms with Crippen molar-refractivity contribution in [3.8, 4) is 10.4 Å². The first kappa shape index (κ1) is 15.8. The molecule has 0 fully saturated rings. The van der Waals surface area contributed by atoms with Crippen molar-refractivity contribution in [1.82, 2.24) is 4.98 Å². The Bertz CT molecular complexity index is 966. The minimum atomic E-state index is -1.06. The van der Waals surface area contributed by atoms with Crippen LogP contribution in [0.25, 0.3) is 10.4 Å². The molecular weight excluding hydrogens is 337 g/mol. The summed E-state index contributed by atoms with van der Waals surface area (Å²) in [6, 6.07) is 12.0. The normalized spacial score (nSPS) is 14.6. The fourth-order valence-electron chi connectivity index (χ4n) is 2.77. The summed E-state index contributed by atoms with van der Waals surface area (Å²) in [4.78, 5) is 5.84. The molecule has 0 spiro atoms. The molecule has 2 aromatic heterocycles. The summed E-state index contributed by atoms with van der Waals surface area (Å²) >= 11 is 1.52. The van der Waals surface area contributed by atoms with Gasteiger partial charge in [0.15, 0.2) is 0 Å². The van der Waals surface area contributed by atoms with Crippen LogP contribution in [-0.2, 0) is 0 Å². The van der Waals surface area contributed by atoms with Crippen molar-refractivity contribution in [2.75, 3.05) is 0 Å². The predicted molar refractivity (Wildman–Crippen MR) is 97.7 cm³/mol. The molecular formula is C19H14FN3OS. The zero-order chi connectivity index (χ0) is 17.2. The van der Waals surface area contributed by atoms with Gasteiger partial charge in [-0.15, -0.1) is 11.3 Å². The van der Waals surface area contributed by atoms with E-state index in [0.29, 0.717) is 12.0 Å². The van der Waals surface area contributed by atoms with Gasteiger partial charge >= 0.3 is 0 Å². The Labute approximate surface area is 148 Å². The Morgan fingerprint density at radius 1 is 1.08 bits per heavy atom. The van der Waals surface area contributed by atoms with Crippen LogP contribution >= 0.6 is 11.3 Å². The molecule has 0 bridgehead atoms. The molecule has 1 aliphatic heterocycles. The summed E-state index contributed by atoms with van der Waals surface area (Å²) < 4.78 is 14.1. The third-order valence-corrected chi connectivity index (χ3v) is 5.28. The maximum Gasteiger partial charge on any atom is 0.129 e. The van der Waals surface area contributed by atoms with Crippen molar-refractivity contribution in [2.45, 2.75) is 12.5 Å². The second-order valence-corrected chi connectivity index (χ2v) is 6.66. The Balaban J connectivity index is 1.83. The minimum absolute atomic E-state index is 0.252. The molecule has 1 N–H and O–H groups in total. The first-order chi connectivity index (χ1) is 12.2. The lowest BCUT2D eigenvalue weighted by Crippen LogP contribution is -2.07. The van der Waals surface area contributed by atoms with Crippen molar-refractivity contribution < 1.29 is 9.50 Å². The molecule has 3 aromatic rings. The second kappa shape index (κ2) is 6.66. The van der Waals surface area contributed by atoms with Gasteiger partial charge in [0.1, 0.15) is 11.9 Å². The standard InChI is InChI=1S/C19H14FN3OS/c20-15-4-2-1-3-13(15)18(24)14-11-17(12-5-8-21-9-6-12)25-19(14)16-7-10-22-23-16/h1-6,8-11,18,24H,7H2. The van der Waals surface area contributed by atoms with E-state index >= 15 is 0 Å². The highest BCUT2D eigenvalue weighted by molar-refractivity contribution is 7.17. The number of halogens is 1. The Morgan fingerprint density at radius 3 is 2.60 bits per heavy atom. The number of thiophene rings is 1. The van der Waals surface area contributed by atoms with Gasteiger partial charge in [0.2, 0.25) is 0 Å². The highest BCUT2D eigenvalue weighted by atomic mass is 32.1. The monoisotopic (exact) mass is 351 g/mol. The zero-order valence-corrected chi connectivity index (χ0v) is 13.9. The topological polar surface area (TPSA) is 57.8 Å².